The highest BCUT2D eigenvalue weighted by molar-refractivity contribution is 9.10. The molecule has 154 valence electrons. The molecule has 2 heterocycles. The highest BCUT2D eigenvalue weighted by Crippen LogP contribution is 2.29. The summed E-state index contributed by atoms with van der Waals surface area (Å²) in [5.74, 6) is 1.69. The first kappa shape index (κ1) is 20.3. The van der Waals surface area contributed by atoms with E-state index in [1.54, 1.807) is 7.11 Å². The van der Waals surface area contributed by atoms with Crippen molar-refractivity contribution in [3.63, 3.8) is 0 Å². The van der Waals surface area contributed by atoms with Crippen molar-refractivity contribution in [1.82, 2.24) is 10.2 Å². The molecule has 2 aliphatic heterocycles. The fourth-order valence-corrected chi connectivity index (χ4v) is 4.65. The normalized spacial score (nSPS) is 18.3. The SMILES string of the molecule is COc1ccc(Br)c(CC2CCN(CC3=CCN(c4ccccc4)CN3)CC2)c1. The Bertz CT molecular complexity index is 831. The minimum Gasteiger partial charge on any atom is -0.497 e. The van der Waals surface area contributed by atoms with Gasteiger partial charge >= 0.3 is 0 Å². The Labute approximate surface area is 182 Å². The van der Waals surface area contributed by atoms with Gasteiger partial charge in [0.1, 0.15) is 5.75 Å². The van der Waals surface area contributed by atoms with Crippen LogP contribution in [0.4, 0.5) is 5.69 Å². The lowest BCUT2D eigenvalue weighted by molar-refractivity contribution is 0.193. The molecule has 29 heavy (non-hydrogen) atoms. The van der Waals surface area contributed by atoms with Gasteiger partial charge in [0.2, 0.25) is 0 Å². The van der Waals surface area contributed by atoms with Gasteiger partial charge in [0.25, 0.3) is 0 Å². The van der Waals surface area contributed by atoms with Crippen molar-refractivity contribution in [3.05, 3.63) is 70.3 Å². The van der Waals surface area contributed by atoms with Crippen molar-refractivity contribution in [1.29, 1.82) is 0 Å². The van der Waals surface area contributed by atoms with Crippen molar-refractivity contribution in [2.75, 3.05) is 44.9 Å². The van der Waals surface area contributed by atoms with Crippen molar-refractivity contribution >= 4 is 21.6 Å². The fraction of sp³-hybridized carbons (Fsp3) is 0.417. The molecule has 1 fully saturated rings. The second kappa shape index (κ2) is 9.68. The molecule has 4 nitrogen and oxygen atoms in total. The number of hydrogen-bond donors (Lipinski definition) is 1. The third-order valence-corrected chi connectivity index (χ3v) is 6.81. The number of anilines is 1. The molecule has 0 unspecified atom stereocenters. The molecule has 0 radical (unpaired) electrons. The molecule has 2 aromatic carbocycles. The lowest BCUT2D eigenvalue weighted by Gasteiger charge is -2.35. The summed E-state index contributed by atoms with van der Waals surface area (Å²) in [5, 5.41) is 3.61. The molecular formula is C24H30BrN3O. The van der Waals surface area contributed by atoms with Crippen LogP contribution in [0, 0.1) is 5.92 Å². The molecule has 1 N–H and O–H groups in total. The molecule has 0 amide bonds. The summed E-state index contributed by atoms with van der Waals surface area (Å²) in [4.78, 5) is 4.95. The summed E-state index contributed by atoms with van der Waals surface area (Å²) < 4.78 is 6.59. The zero-order valence-electron chi connectivity index (χ0n) is 17.1. The van der Waals surface area contributed by atoms with Gasteiger partial charge in [0, 0.05) is 28.9 Å². The van der Waals surface area contributed by atoms with E-state index in [0.29, 0.717) is 0 Å². The van der Waals surface area contributed by atoms with E-state index in [0.717, 1.165) is 37.8 Å². The van der Waals surface area contributed by atoms with Gasteiger partial charge in [-0.2, -0.15) is 0 Å². The predicted molar refractivity (Wildman–Crippen MR) is 123 cm³/mol. The van der Waals surface area contributed by atoms with Gasteiger partial charge in [-0.05, 0) is 80.2 Å². The number of nitrogens with one attached hydrogen (secondary N) is 1. The standard InChI is InChI=1S/C24H30BrN3O/c1-29-23-7-8-24(25)20(16-23)15-19-9-12-27(13-10-19)17-21-11-14-28(18-26-21)22-5-3-2-4-6-22/h2-8,11,16,19,26H,9-10,12-15,17-18H2,1H3. The number of benzene rings is 2. The van der Waals surface area contributed by atoms with Crippen molar-refractivity contribution in [2.24, 2.45) is 5.92 Å². The van der Waals surface area contributed by atoms with Crippen LogP contribution < -0.4 is 15.0 Å². The van der Waals surface area contributed by atoms with Crippen LogP contribution in [-0.4, -0.2) is 44.9 Å². The smallest absolute Gasteiger partial charge is 0.119 e. The van der Waals surface area contributed by atoms with Gasteiger partial charge < -0.3 is 15.0 Å². The van der Waals surface area contributed by atoms with Gasteiger partial charge in [-0.25, -0.2) is 0 Å². The summed E-state index contributed by atoms with van der Waals surface area (Å²) in [6, 6.07) is 16.9. The Balaban J connectivity index is 1.25. The van der Waals surface area contributed by atoms with Crippen LogP contribution in [0.3, 0.4) is 0 Å². The highest BCUT2D eigenvalue weighted by Gasteiger charge is 2.22. The summed E-state index contributed by atoms with van der Waals surface area (Å²) >= 11 is 3.70. The average molecular weight is 456 g/mol. The molecule has 2 aromatic rings. The van der Waals surface area contributed by atoms with Crippen LogP contribution in [-0.2, 0) is 6.42 Å². The Kier molecular flexibility index (Phi) is 6.78. The van der Waals surface area contributed by atoms with Gasteiger partial charge in [-0.3, -0.25) is 4.90 Å². The molecule has 0 bridgehead atoms. The largest absolute Gasteiger partial charge is 0.497 e. The van der Waals surface area contributed by atoms with E-state index in [1.165, 1.54) is 47.4 Å². The van der Waals surface area contributed by atoms with Crippen LogP contribution in [0.15, 0.2) is 64.8 Å². The average Bonchev–Trinajstić information content (AvgIpc) is 2.78. The zero-order chi connectivity index (χ0) is 20.1. The molecule has 1 saturated heterocycles. The molecule has 0 atom stereocenters. The predicted octanol–water partition coefficient (Wildman–Crippen LogP) is 4.66. The van der Waals surface area contributed by atoms with E-state index < -0.39 is 0 Å². The number of para-hydroxylation sites is 1. The monoisotopic (exact) mass is 455 g/mol. The number of halogens is 1. The van der Waals surface area contributed by atoms with Gasteiger partial charge in [0.15, 0.2) is 0 Å². The highest BCUT2D eigenvalue weighted by atomic mass is 79.9. The Morgan fingerprint density at radius 2 is 1.90 bits per heavy atom. The number of piperidine rings is 1. The second-order valence-corrected chi connectivity index (χ2v) is 8.86. The third kappa shape index (κ3) is 5.34. The van der Waals surface area contributed by atoms with E-state index in [1.807, 2.05) is 6.07 Å². The molecule has 0 saturated carbocycles. The van der Waals surface area contributed by atoms with E-state index in [9.17, 15) is 0 Å². The lowest BCUT2D eigenvalue weighted by atomic mass is 9.90. The number of methoxy groups -OCH3 is 1. The minimum atomic E-state index is 0.747. The number of rotatable bonds is 6. The number of hydrogen-bond acceptors (Lipinski definition) is 4. The summed E-state index contributed by atoms with van der Waals surface area (Å²) in [6.07, 6.45) is 5.98. The Morgan fingerprint density at radius 3 is 2.59 bits per heavy atom. The van der Waals surface area contributed by atoms with E-state index in [4.69, 9.17) is 4.74 Å². The molecule has 4 rings (SSSR count). The second-order valence-electron chi connectivity index (χ2n) is 8.00. The Morgan fingerprint density at radius 1 is 1.10 bits per heavy atom. The number of likely N-dealkylation sites (tertiary alicyclic amines) is 1. The van der Waals surface area contributed by atoms with Crippen LogP contribution in [0.1, 0.15) is 18.4 Å². The van der Waals surface area contributed by atoms with E-state index in [-0.39, 0.29) is 0 Å². The lowest BCUT2D eigenvalue weighted by Crippen LogP contribution is -2.43. The third-order valence-electron chi connectivity index (χ3n) is 6.04. The van der Waals surface area contributed by atoms with Crippen molar-refractivity contribution in [3.8, 4) is 5.75 Å². The van der Waals surface area contributed by atoms with Crippen molar-refractivity contribution in [2.45, 2.75) is 19.3 Å². The van der Waals surface area contributed by atoms with E-state index in [2.05, 4.69) is 79.6 Å². The van der Waals surface area contributed by atoms with Gasteiger partial charge in [-0.1, -0.05) is 34.1 Å². The Hall–Kier alpha value is -1.98. The maximum Gasteiger partial charge on any atom is 0.119 e. The van der Waals surface area contributed by atoms with Gasteiger partial charge in [0.05, 0.1) is 13.8 Å². The van der Waals surface area contributed by atoms with Crippen molar-refractivity contribution < 1.29 is 4.74 Å². The summed E-state index contributed by atoms with van der Waals surface area (Å²) in [6.45, 7) is 5.25. The quantitative estimate of drug-likeness (QED) is 0.684. The number of nitrogens with zero attached hydrogens (tertiary/aromatic N) is 2. The first-order valence-corrected chi connectivity index (χ1v) is 11.3. The molecular weight excluding hydrogens is 426 g/mol. The van der Waals surface area contributed by atoms with E-state index >= 15 is 0 Å². The fourth-order valence-electron chi connectivity index (χ4n) is 4.25. The minimum absolute atomic E-state index is 0.747. The summed E-state index contributed by atoms with van der Waals surface area (Å²) in [7, 11) is 1.73. The van der Waals surface area contributed by atoms with Gasteiger partial charge in [-0.15, -0.1) is 0 Å². The first-order chi connectivity index (χ1) is 14.2. The number of ether oxygens (including phenoxy) is 1. The maximum absolute atomic E-state index is 5.39. The first-order valence-electron chi connectivity index (χ1n) is 10.5. The van der Waals surface area contributed by atoms with Crippen LogP contribution in [0.25, 0.3) is 0 Å². The molecule has 5 heteroatoms. The molecule has 0 aromatic heterocycles. The molecule has 0 spiro atoms. The van der Waals surface area contributed by atoms with Crippen LogP contribution in [0.5, 0.6) is 5.75 Å². The zero-order valence-corrected chi connectivity index (χ0v) is 18.7. The van der Waals surface area contributed by atoms with Crippen LogP contribution >= 0.6 is 15.9 Å². The topological polar surface area (TPSA) is 27.7 Å². The summed E-state index contributed by atoms with van der Waals surface area (Å²) in [5.41, 5.74) is 4.01. The maximum atomic E-state index is 5.39. The van der Waals surface area contributed by atoms with Crippen LogP contribution in [0.2, 0.25) is 0 Å². The molecule has 2 aliphatic rings. The molecule has 0 aliphatic carbocycles.